The maximum absolute atomic E-state index is 13.4. The summed E-state index contributed by atoms with van der Waals surface area (Å²) in [5.41, 5.74) is 11.0. The van der Waals surface area contributed by atoms with Gasteiger partial charge in [-0.2, -0.15) is 0 Å². The van der Waals surface area contributed by atoms with E-state index in [1.54, 1.807) is 6.07 Å². The molecule has 0 amide bonds. The van der Waals surface area contributed by atoms with Gasteiger partial charge in [-0.3, -0.25) is 4.57 Å². The van der Waals surface area contributed by atoms with Crippen LogP contribution in [0.3, 0.4) is 0 Å². The number of benzene rings is 4. The zero-order valence-electron chi connectivity index (χ0n) is 27.2. The van der Waals surface area contributed by atoms with Gasteiger partial charge in [-0.05, 0) is 108 Å². The second-order valence-electron chi connectivity index (χ2n) is 12.1. The Hall–Kier alpha value is -2.97. The van der Waals surface area contributed by atoms with Gasteiger partial charge in [-0.15, -0.1) is 0 Å². The van der Waals surface area contributed by atoms with Crippen molar-refractivity contribution in [3.63, 3.8) is 0 Å². The summed E-state index contributed by atoms with van der Waals surface area (Å²) in [5.74, 6) is 0. The van der Waals surface area contributed by atoms with Crippen molar-refractivity contribution in [2.75, 3.05) is 0 Å². The van der Waals surface area contributed by atoms with Crippen molar-refractivity contribution in [2.24, 2.45) is 0 Å². The van der Waals surface area contributed by atoms with Crippen molar-refractivity contribution < 1.29 is 14.4 Å². The fraction of sp³-hybridized carbons (Fsp3) is 0.400. The Kier molecular flexibility index (Phi) is 12.6. The Morgan fingerprint density at radius 3 is 1.32 bits per heavy atom. The molecule has 0 aliphatic carbocycles. The molecule has 3 nitrogen and oxygen atoms in total. The molecule has 0 unspecified atom stereocenters. The predicted molar refractivity (Wildman–Crippen MR) is 189 cm³/mol. The van der Waals surface area contributed by atoms with Crippen molar-refractivity contribution in [1.82, 2.24) is 0 Å². The van der Waals surface area contributed by atoms with Gasteiger partial charge in [0, 0.05) is 5.56 Å². The summed E-state index contributed by atoms with van der Waals surface area (Å²) in [6, 6.07) is 27.2. The van der Waals surface area contributed by atoms with Crippen molar-refractivity contribution in [1.29, 1.82) is 0 Å². The topological polar surface area (TPSA) is 57.5 Å². The Bertz CT molecular complexity index is 1500. The van der Waals surface area contributed by atoms with Gasteiger partial charge in [0.15, 0.2) is 0 Å². The zero-order valence-corrected chi connectivity index (χ0v) is 28.1. The van der Waals surface area contributed by atoms with E-state index < -0.39 is 7.60 Å². The fourth-order valence-electron chi connectivity index (χ4n) is 6.48. The summed E-state index contributed by atoms with van der Waals surface area (Å²) in [7, 11) is -4.63. The molecule has 0 atom stereocenters. The first kappa shape index (κ1) is 33.9. The minimum atomic E-state index is -4.63. The lowest BCUT2D eigenvalue weighted by molar-refractivity contribution is 0.387. The lowest BCUT2D eigenvalue weighted by atomic mass is 9.80. The van der Waals surface area contributed by atoms with E-state index in [9.17, 15) is 14.4 Å². The molecule has 4 rings (SSSR count). The molecule has 0 bridgehead atoms. The Labute approximate surface area is 265 Å². The van der Waals surface area contributed by atoms with Crippen LogP contribution in [-0.2, 0) is 30.2 Å². The van der Waals surface area contributed by atoms with Crippen LogP contribution >= 0.6 is 7.60 Å². The lowest BCUT2D eigenvalue weighted by Crippen LogP contribution is -2.14. The molecule has 4 aromatic rings. The van der Waals surface area contributed by atoms with E-state index >= 15 is 0 Å². The van der Waals surface area contributed by atoms with Crippen molar-refractivity contribution in [2.45, 2.75) is 105 Å². The Morgan fingerprint density at radius 1 is 0.477 bits per heavy atom. The number of hydrogen-bond acceptors (Lipinski definition) is 1. The van der Waals surface area contributed by atoms with Gasteiger partial charge in [0.2, 0.25) is 0 Å². The maximum Gasteiger partial charge on any atom is 0.356 e. The molecular formula is C40H51O3P. The molecule has 234 valence electrons. The average Bonchev–Trinajstić information content (AvgIpc) is 3.03. The van der Waals surface area contributed by atoms with Gasteiger partial charge in [0.25, 0.3) is 0 Å². The minimum Gasteiger partial charge on any atom is -0.321 e. The van der Waals surface area contributed by atoms with Crippen molar-refractivity contribution in [3.05, 3.63) is 101 Å². The molecule has 0 aliphatic heterocycles. The Balaban J connectivity index is 2.22. The standard InChI is InChI=1S/C40H51O3P/c1-5-9-18-30-24-16-25-31(19-10-6-2)37(30)35-28-29-36(44(41,42)43)40(39(35)34-22-14-13-15-23-34)38-32(20-11-7-3)26-17-27-33(38)21-12-8-4/h13-17,22-29H,5-12,18-21H2,1-4H3,(H2,41,42,43). The van der Waals surface area contributed by atoms with Crippen LogP contribution in [0.15, 0.2) is 78.9 Å². The molecule has 0 aliphatic rings. The highest BCUT2D eigenvalue weighted by Crippen LogP contribution is 2.49. The second kappa shape index (κ2) is 16.4. The smallest absolute Gasteiger partial charge is 0.321 e. The first-order chi connectivity index (χ1) is 21.3. The molecule has 2 N–H and O–H groups in total. The van der Waals surface area contributed by atoms with Crippen molar-refractivity contribution >= 4 is 12.9 Å². The van der Waals surface area contributed by atoms with Gasteiger partial charge < -0.3 is 9.79 Å². The van der Waals surface area contributed by atoms with Crippen LogP contribution in [0.4, 0.5) is 0 Å². The minimum absolute atomic E-state index is 0.128. The zero-order chi connectivity index (χ0) is 31.5. The number of unbranched alkanes of at least 4 members (excludes halogenated alkanes) is 4. The monoisotopic (exact) mass is 610 g/mol. The van der Waals surface area contributed by atoms with Gasteiger partial charge >= 0.3 is 7.60 Å². The molecule has 0 spiro atoms. The third-order valence-electron chi connectivity index (χ3n) is 8.75. The molecule has 0 aromatic heterocycles. The molecular weight excluding hydrogens is 559 g/mol. The van der Waals surface area contributed by atoms with Crippen molar-refractivity contribution in [3.8, 4) is 33.4 Å². The molecule has 0 radical (unpaired) electrons. The highest BCUT2D eigenvalue weighted by atomic mass is 31.2. The summed E-state index contributed by atoms with van der Waals surface area (Å²) in [6.07, 6.45) is 12.3. The predicted octanol–water partition coefficient (Wildman–Crippen LogP) is 10.9. The van der Waals surface area contributed by atoms with Gasteiger partial charge in [-0.25, -0.2) is 0 Å². The normalized spacial score (nSPS) is 11.7. The summed E-state index contributed by atoms with van der Waals surface area (Å²) < 4.78 is 13.4. The molecule has 0 saturated carbocycles. The van der Waals surface area contributed by atoms with E-state index in [0.717, 1.165) is 99.3 Å². The third-order valence-corrected chi connectivity index (χ3v) is 9.75. The van der Waals surface area contributed by atoms with E-state index in [1.807, 2.05) is 24.3 Å². The van der Waals surface area contributed by atoms with E-state index in [2.05, 4.69) is 76.2 Å². The first-order valence-corrected chi connectivity index (χ1v) is 18.5. The molecule has 0 heterocycles. The molecule has 4 heteroatoms. The Morgan fingerprint density at radius 2 is 0.909 bits per heavy atom. The molecule has 4 aromatic carbocycles. The van der Waals surface area contributed by atoms with Gasteiger partial charge in [0.1, 0.15) is 0 Å². The first-order valence-electron chi connectivity index (χ1n) is 16.9. The highest BCUT2D eigenvalue weighted by Gasteiger charge is 2.30. The fourth-order valence-corrected chi connectivity index (χ4v) is 7.26. The van der Waals surface area contributed by atoms with Crippen LogP contribution in [-0.4, -0.2) is 9.79 Å². The van der Waals surface area contributed by atoms with E-state index in [1.165, 1.54) is 27.8 Å². The lowest BCUT2D eigenvalue weighted by Gasteiger charge is -2.26. The molecule has 0 fully saturated rings. The largest absolute Gasteiger partial charge is 0.356 e. The quantitative estimate of drug-likeness (QED) is 0.124. The maximum atomic E-state index is 13.4. The average molecular weight is 611 g/mol. The summed E-state index contributed by atoms with van der Waals surface area (Å²) in [6.45, 7) is 8.85. The highest BCUT2D eigenvalue weighted by molar-refractivity contribution is 7.60. The second-order valence-corrected chi connectivity index (χ2v) is 13.7. The van der Waals surface area contributed by atoms with Crippen LogP contribution in [0, 0.1) is 0 Å². The SMILES string of the molecule is CCCCc1cccc(CCCC)c1-c1ccc(P(=O)(O)O)c(-c2c(CCCC)cccc2CCCC)c1-c1ccccc1. The summed E-state index contributed by atoms with van der Waals surface area (Å²) in [4.78, 5) is 21.9. The molecule has 0 saturated heterocycles. The molecule has 44 heavy (non-hydrogen) atoms. The van der Waals surface area contributed by atoms with Crippen LogP contribution < -0.4 is 5.30 Å². The van der Waals surface area contributed by atoms with Crippen LogP contribution in [0.2, 0.25) is 0 Å². The number of aryl methyl sites for hydroxylation is 4. The van der Waals surface area contributed by atoms with E-state index in [-0.39, 0.29) is 5.30 Å². The van der Waals surface area contributed by atoms with Gasteiger partial charge in [-0.1, -0.05) is 126 Å². The van der Waals surface area contributed by atoms with E-state index in [0.29, 0.717) is 5.56 Å². The number of hydrogen-bond donors (Lipinski definition) is 2. The third kappa shape index (κ3) is 7.99. The summed E-state index contributed by atoms with van der Waals surface area (Å²) in [5, 5.41) is 0.128. The van der Waals surface area contributed by atoms with E-state index in [4.69, 9.17) is 0 Å². The number of rotatable bonds is 16. The van der Waals surface area contributed by atoms with Crippen LogP contribution in [0.25, 0.3) is 33.4 Å². The van der Waals surface area contributed by atoms with Crippen LogP contribution in [0.1, 0.15) is 101 Å². The summed E-state index contributed by atoms with van der Waals surface area (Å²) >= 11 is 0. The van der Waals surface area contributed by atoms with Crippen LogP contribution in [0.5, 0.6) is 0 Å². The van der Waals surface area contributed by atoms with Gasteiger partial charge in [0.05, 0.1) is 5.30 Å².